The molecule has 166 valence electrons. The normalized spacial score (nSPS) is 11.5. The summed E-state index contributed by atoms with van der Waals surface area (Å²) in [5.41, 5.74) is 6.01. The highest BCUT2D eigenvalue weighted by atomic mass is 16.4. The van der Waals surface area contributed by atoms with Crippen LogP contribution in [0.5, 0.6) is 46.0 Å². The lowest BCUT2D eigenvalue weighted by Gasteiger charge is -2.20. The molecule has 9 heteroatoms. The Labute approximate surface area is 184 Å². The van der Waals surface area contributed by atoms with Gasteiger partial charge in [0.15, 0.2) is 23.0 Å². The van der Waals surface area contributed by atoms with Gasteiger partial charge < -0.3 is 46.6 Å². The van der Waals surface area contributed by atoms with E-state index in [0.717, 1.165) is 10.8 Å². The molecule has 0 radical (unpaired) electrons. The van der Waals surface area contributed by atoms with E-state index < -0.39 is 51.7 Å². The van der Waals surface area contributed by atoms with Crippen LogP contribution >= 0.6 is 0 Å². The van der Waals surface area contributed by atoms with Gasteiger partial charge in [0.05, 0.1) is 16.5 Å². The molecule has 10 N–H and O–H groups in total. The van der Waals surface area contributed by atoms with Crippen LogP contribution in [0.4, 0.5) is 5.69 Å². The van der Waals surface area contributed by atoms with Crippen molar-refractivity contribution in [3.63, 3.8) is 0 Å². The largest absolute Gasteiger partial charge is 0.504 e. The third-order valence-corrected chi connectivity index (χ3v) is 5.87. The molecule has 5 aromatic carbocycles. The first-order chi connectivity index (χ1) is 15.6. The Hall–Kier alpha value is -4.92. The van der Waals surface area contributed by atoms with Gasteiger partial charge in [0, 0.05) is 16.3 Å². The lowest BCUT2D eigenvalue weighted by atomic mass is 9.87. The number of benzene rings is 5. The summed E-state index contributed by atoms with van der Waals surface area (Å²) in [4.78, 5) is 0. The molecule has 5 rings (SSSR count). The number of anilines is 1. The van der Waals surface area contributed by atoms with Crippen LogP contribution in [0.3, 0.4) is 0 Å². The fourth-order valence-corrected chi connectivity index (χ4v) is 4.29. The summed E-state index contributed by atoms with van der Waals surface area (Å²) in [6.07, 6.45) is 0. The van der Waals surface area contributed by atoms with Gasteiger partial charge in [0.25, 0.3) is 0 Å². The van der Waals surface area contributed by atoms with Crippen molar-refractivity contribution in [2.24, 2.45) is 0 Å². The molecule has 0 amide bonds. The second kappa shape index (κ2) is 6.54. The van der Waals surface area contributed by atoms with Crippen LogP contribution in [0.1, 0.15) is 0 Å². The molecule has 0 aliphatic carbocycles. The SMILES string of the molecule is Nc1c2c(O)c(O)c(O)c(O)c2c(-c2ccc3ccccc3c2)c2c(O)c(O)c(O)c(O)c12. The highest BCUT2D eigenvalue weighted by Crippen LogP contribution is 2.60. The highest BCUT2D eigenvalue weighted by molar-refractivity contribution is 6.28. The molecule has 0 heterocycles. The van der Waals surface area contributed by atoms with E-state index in [1.54, 1.807) is 24.3 Å². The summed E-state index contributed by atoms with van der Waals surface area (Å²) in [7, 11) is 0. The van der Waals surface area contributed by atoms with Crippen molar-refractivity contribution in [3.8, 4) is 57.1 Å². The number of nitrogen functional groups attached to an aromatic ring is 1. The van der Waals surface area contributed by atoms with Gasteiger partial charge >= 0.3 is 0 Å². The zero-order valence-electron chi connectivity index (χ0n) is 16.7. The maximum atomic E-state index is 10.8. The van der Waals surface area contributed by atoms with Crippen molar-refractivity contribution < 1.29 is 40.9 Å². The first kappa shape index (κ1) is 20.0. The Bertz CT molecular complexity index is 1580. The number of aromatic hydroxyl groups is 8. The molecule has 33 heavy (non-hydrogen) atoms. The lowest BCUT2D eigenvalue weighted by molar-refractivity contribution is 0.350. The Kier molecular flexibility index (Phi) is 3.96. The Morgan fingerprint density at radius 1 is 0.455 bits per heavy atom. The van der Waals surface area contributed by atoms with Crippen LogP contribution in [0.25, 0.3) is 43.4 Å². The molecular weight excluding hydrogens is 430 g/mol. The van der Waals surface area contributed by atoms with Crippen LogP contribution in [-0.2, 0) is 0 Å². The molecule has 0 bridgehead atoms. The Morgan fingerprint density at radius 2 is 0.879 bits per heavy atom. The predicted octanol–water partition coefficient (Wildman–Crippen LogP) is 4.04. The zero-order chi connectivity index (χ0) is 23.8. The standard InChI is InChI=1S/C24H17NO8/c25-16-14-12(17(26)21(30)23(32)19(14)28)11(10-6-5-8-3-1-2-4-9(8)7-10)13-15(16)20(29)24(33)22(31)18(13)27/h1-7,26-33H,25H2. The minimum atomic E-state index is -1.05. The minimum Gasteiger partial charge on any atom is -0.504 e. The molecule has 0 atom stereocenters. The van der Waals surface area contributed by atoms with Gasteiger partial charge in [-0.15, -0.1) is 0 Å². The van der Waals surface area contributed by atoms with Gasteiger partial charge in [-0.25, -0.2) is 0 Å². The predicted molar refractivity (Wildman–Crippen MR) is 122 cm³/mol. The van der Waals surface area contributed by atoms with Crippen molar-refractivity contribution in [2.75, 3.05) is 5.73 Å². The zero-order valence-corrected chi connectivity index (χ0v) is 16.7. The van der Waals surface area contributed by atoms with E-state index in [-0.39, 0.29) is 27.1 Å². The molecule has 0 aliphatic rings. The van der Waals surface area contributed by atoms with Crippen LogP contribution < -0.4 is 5.73 Å². The highest BCUT2D eigenvalue weighted by Gasteiger charge is 2.30. The van der Waals surface area contributed by atoms with Gasteiger partial charge in [-0.3, -0.25) is 0 Å². The molecule has 0 aliphatic heterocycles. The first-order valence-electron chi connectivity index (χ1n) is 9.64. The molecule has 0 spiro atoms. The molecule has 0 unspecified atom stereocenters. The van der Waals surface area contributed by atoms with E-state index in [4.69, 9.17) is 5.73 Å². The van der Waals surface area contributed by atoms with Crippen LogP contribution in [0.2, 0.25) is 0 Å². The van der Waals surface area contributed by atoms with E-state index in [2.05, 4.69) is 0 Å². The monoisotopic (exact) mass is 447 g/mol. The lowest BCUT2D eigenvalue weighted by Crippen LogP contribution is -1.96. The molecule has 0 fully saturated rings. The molecule has 0 aromatic heterocycles. The number of fused-ring (bicyclic) bond motifs is 3. The average molecular weight is 447 g/mol. The summed E-state index contributed by atoms with van der Waals surface area (Å²) in [5.74, 6) is -7.68. The van der Waals surface area contributed by atoms with E-state index in [1.807, 2.05) is 18.2 Å². The molecule has 5 aromatic rings. The average Bonchev–Trinajstić information content (AvgIpc) is 2.82. The van der Waals surface area contributed by atoms with Crippen LogP contribution in [0.15, 0.2) is 42.5 Å². The quantitative estimate of drug-likeness (QED) is 0.0790. The summed E-state index contributed by atoms with van der Waals surface area (Å²) < 4.78 is 0. The van der Waals surface area contributed by atoms with Crippen LogP contribution in [-0.4, -0.2) is 40.9 Å². The van der Waals surface area contributed by atoms with Gasteiger partial charge in [-0.1, -0.05) is 36.4 Å². The number of hydrogen-bond acceptors (Lipinski definition) is 9. The number of nitrogens with two attached hydrogens (primary N) is 1. The second-order valence-electron chi connectivity index (χ2n) is 7.64. The Balaban J connectivity index is 2.16. The van der Waals surface area contributed by atoms with Crippen molar-refractivity contribution in [1.82, 2.24) is 0 Å². The molecule has 9 nitrogen and oxygen atoms in total. The third-order valence-electron chi connectivity index (χ3n) is 5.87. The summed E-state index contributed by atoms with van der Waals surface area (Å²) in [6.45, 7) is 0. The number of phenolic OH excluding ortho intramolecular Hbond substituents is 8. The van der Waals surface area contributed by atoms with E-state index >= 15 is 0 Å². The van der Waals surface area contributed by atoms with Crippen molar-refractivity contribution in [3.05, 3.63) is 42.5 Å². The maximum absolute atomic E-state index is 10.8. The number of hydrogen-bond donors (Lipinski definition) is 9. The van der Waals surface area contributed by atoms with E-state index in [9.17, 15) is 40.9 Å². The van der Waals surface area contributed by atoms with Crippen LogP contribution in [0, 0.1) is 0 Å². The maximum Gasteiger partial charge on any atom is 0.205 e. The minimum absolute atomic E-state index is 0.0360. The molecule has 0 saturated heterocycles. The van der Waals surface area contributed by atoms with E-state index in [1.165, 1.54) is 0 Å². The fraction of sp³-hybridized carbons (Fsp3) is 0. The number of phenols is 8. The second-order valence-corrected chi connectivity index (χ2v) is 7.64. The number of rotatable bonds is 1. The summed E-state index contributed by atoms with van der Waals surface area (Å²) in [5, 5.41) is 83.7. The van der Waals surface area contributed by atoms with Crippen molar-refractivity contribution in [2.45, 2.75) is 0 Å². The first-order valence-corrected chi connectivity index (χ1v) is 9.64. The Morgan fingerprint density at radius 3 is 1.36 bits per heavy atom. The van der Waals surface area contributed by atoms with Crippen molar-refractivity contribution in [1.29, 1.82) is 0 Å². The van der Waals surface area contributed by atoms with Crippen molar-refractivity contribution >= 4 is 38.0 Å². The fourth-order valence-electron chi connectivity index (χ4n) is 4.29. The smallest absolute Gasteiger partial charge is 0.205 e. The molecular formula is C24H17NO8. The summed E-state index contributed by atoms with van der Waals surface area (Å²) >= 11 is 0. The van der Waals surface area contributed by atoms with Gasteiger partial charge in [-0.2, -0.15) is 0 Å². The third kappa shape index (κ3) is 2.47. The van der Waals surface area contributed by atoms with Gasteiger partial charge in [0.1, 0.15) is 0 Å². The molecule has 0 saturated carbocycles. The topological polar surface area (TPSA) is 188 Å². The summed E-state index contributed by atoms with van der Waals surface area (Å²) in [6, 6.07) is 12.3. The van der Waals surface area contributed by atoms with Gasteiger partial charge in [0.2, 0.25) is 23.0 Å². The van der Waals surface area contributed by atoms with E-state index in [0.29, 0.717) is 5.56 Å². The van der Waals surface area contributed by atoms with Gasteiger partial charge in [-0.05, 0) is 22.4 Å².